The van der Waals surface area contributed by atoms with Gasteiger partial charge in [-0.2, -0.15) is 0 Å². The molecular formula is C17H23ClFNO2S. The van der Waals surface area contributed by atoms with Gasteiger partial charge in [0.05, 0.1) is 12.3 Å². The summed E-state index contributed by atoms with van der Waals surface area (Å²) in [4.78, 5) is 12.1. The summed E-state index contributed by atoms with van der Waals surface area (Å²) in [6.45, 7) is 6.39. The molecule has 0 aromatic heterocycles. The monoisotopic (exact) mass is 359 g/mol. The number of carbonyl (C=O) groups is 1. The van der Waals surface area contributed by atoms with Crippen LogP contribution in [0.15, 0.2) is 12.1 Å². The van der Waals surface area contributed by atoms with E-state index in [-0.39, 0.29) is 22.5 Å². The van der Waals surface area contributed by atoms with Crippen LogP contribution >= 0.6 is 23.8 Å². The predicted molar refractivity (Wildman–Crippen MR) is 96.7 cm³/mol. The summed E-state index contributed by atoms with van der Waals surface area (Å²) in [6, 6.07) is 2.72. The third kappa shape index (κ3) is 6.07. The average molecular weight is 360 g/mol. The molecule has 0 aliphatic rings. The third-order valence-electron chi connectivity index (χ3n) is 3.55. The topological polar surface area (TPSA) is 38.3 Å². The number of amides is 1. The minimum atomic E-state index is -0.557. The van der Waals surface area contributed by atoms with Crippen LogP contribution < -0.4 is 5.32 Å². The molecule has 0 radical (unpaired) electrons. The van der Waals surface area contributed by atoms with Crippen LogP contribution in [0.1, 0.15) is 45.6 Å². The zero-order chi connectivity index (χ0) is 17.4. The number of anilines is 1. The van der Waals surface area contributed by atoms with Crippen LogP contribution in [-0.4, -0.2) is 17.6 Å². The fourth-order valence-corrected chi connectivity index (χ4v) is 2.60. The lowest BCUT2D eigenvalue weighted by Gasteiger charge is -2.15. The summed E-state index contributed by atoms with van der Waals surface area (Å²) in [5, 5.41) is 3.31. The highest BCUT2D eigenvalue weighted by Crippen LogP contribution is 2.26. The SMILES string of the molecule is CCCOC(=S)Cc1cc(NC(=O)C(CC)CC)c(F)cc1Cl. The Morgan fingerprint density at radius 1 is 1.35 bits per heavy atom. The van der Waals surface area contributed by atoms with Crippen LogP contribution in [0.2, 0.25) is 5.02 Å². The fraction of sp³-hybridized carbons (Fsp3) is 0.529. The number of nitrogens with one attached hydrogen (secondary N) is 1. The molecule has 0 aliphatic heterocycles. The van der Waals surface area contributed by atoms with Gasteiger partial charge in [0, 0.05) is 17.4 Å². The molecule has 0 atom stereocenters. The van der Waals surface area contributed by atoms with Gasteiger partial charge < -0.3 is 10.1 Å². The summed E-state index contributed by atoms with van der Waals surface area (Å²) >= 11 is 11.2. The number of hydrogen-bond donors (Lipinski definition) is 1. The minimum Gasteiger partial charge on any atom is -0.487 e. The molecule has 0 saturated carbocycles. The van der Waals surface area contributed by atoms with Crippen molar-refractivity contribution in [1.29, 1.82) is 0 Å². The molecule has 23 heavy (non-hydrogen) atoms. The Bertz CT molecular complexity index is 562. The van der Waals surface area contributed by atoms with Crippen molar-refractivity contribution >= 4 is 40.5 Å². The van der Waals surface area contributed by atoms with Crippen molar-refractivity contribution in [2.24, 2.45) is 5.92 Å². The molecule has 0 heterocycles. The van der Waals surface area contributed by atoms with E-state index in [9.17, 15) is 9.18 Å². The van der Waals surface area contributed by atoms with Gasteiger partial charge in [0.2, 0.25) is 5.91 Å². The van der Waals surface area contributed by atoms with E-state index in [2.05, 4.69) is 5.32 Å². The van der Waals surface area contributed by atoms with Crippen LogP contribution in [0, 0.1) is 11.7 Å². The Balaban J connectivity index is 2.91. The Morgan fingerprint density at radius 2 is 2.00 bits per heavy atom. The van der Waals surface area contributed by atoms with Crippen molar-refractivity contribution in [1.82, 2.24) is 0 Å². The molecule has 1 aromatic rings. The van der Waals surface area contributed by atoms with E-state index < -0.39 is 5.82 Å². The molecule has 1 rings (SSSR count). The lowest BCUT2D eigenvalue weighted by molar-refractivity contribution is -0.120. The summed E-state index contributed by atoms with van der Waals surface area (Å²) in [7, 11) is 0. The number of carbonyl (C=O) groups excluding carboxylic acids is 1. The second-order valence-corrected chi connectivity index (χ2v) is 6.19. The standard InChI is InChI=1S/C17H23ClFNO2S/c1-4-7-22-16(23)9-12-8-15(14(19)10-13(12)18)20-17(21)11(5-2)6-3/h8,10-11H,4-7,9H2,1-3H3,(H,20,21). The molecule has 1 N–H and O–H groups in total. The lowest BCUT2D eigenvalue weighted by atomic mass is 10.0. The van der Waals surface area contributed by atoms with Crippen LogP contribution in [0.3, 0.4) is 0 Å². The highest BCUT2D eigenvalue weighted by atomic mass is 35.5. The molecule has 0 saturated heterocycles. The number of benzene rings is 1. The number of hydrogen-bond acceptors (Lipinski definition) is 3. The van der Waals surface area contributed by atoms with Gasteiger partial charge in [-0.3, -0.25) is 4.79 Å². The number of rotatable bonds is 8. The number of halogens is 2. The molecule has 0 unspecified atom stereocenters. The van der Waals surface area contributed by atoms with Crippen molar-refractivity contribution in [2.45, 2.75) is 46.5 Å². The van der Waals surface area contributed by atoms with Gasteiger partial charge in [-0.05, 0) is 49.2 Å². The van der Waals surface area contributed by atoms with Crippen molar-refractivity contribution < 1.29 is 13.9 Å². The molecule has 1 amide bonds. The van der Waals surface area contributed by atoms with Crippen LogP contribution in [0.25, 0.3) is 0 Å². The summed E-state index contributed by atoms with van der Waals surface area (Å²) in [6.07, 6.45) is 2.58. The van der Waals surface area contributed by atoms with Gasteiger partial charge in [0.15, 0.2) is 5.05 Å². The van der Waals surface area contributed by atoms with Gasteiger partial charge >= 0.3 is 0 Å². The Labute approximate surface area is 147 Å². The first-order chi connectivity index (χ1) is 10.9. The molecule has 6 heteroatoms. The second-order valence-electron chi connectivity index (χ2n) is 5.32. The van der Waals surface area contributed by atoms with Gasteiger partial charge in [0.1, 0.15) is 5.82 Å². The largest absolute Gasteiger partial charge is 0.487 e. The molecule has 1 aromatic carbocycles. The van der Waals surface area contributed by atoms with E-state index >= 15 is 0 Å². The first kappa shape index (κ1) is 19.8. The molecule has 0 spiro atoms. The van der Waals surface area contributed by atoms with Gasteiger partial charge in [0.25, 0.3) is 0 Å². The highest BCUT2D eigenvalue weighted by molar-refractivity contribution is 7.80. The number of ether oxygens (including phenoxy) is 1. The van der Waals surface area contributed by atoms with Crippen molar-refractivity contribution in [3.05, 3.63) is 28.5 Å². The first-order valence-corrected chi connectivity index (χ1v) is 8.65. The minimum absolute atomic E-state index is 0.125. The summed E-state index contributed by atoms with van der Waals surface area (Å²) < 4.78 is 19.4. The van der Waals surface area contributed by atoms with Crippen LogP contribution in [-0.2, 0) is 16.0 Å². The van der Waals surface area contributed by atoms with Crippen LogP contribution in [0.5, 0.6) is 0 Å². The van der Waals surface area contributed by atoms with E-state index in [1.165, 1.54) is 12.1 Å². The highest BCUT2D eigenvalue weighted by Gasteiger charge is 2.17. The summed E-state index contributed by atoms with van der Waals surface area (Å²) in [5.41, 5.74) is 0.758. The molecule has 0 fully saturated rings. The van der Waals surface area contributed by atoms with Gasteiger partial charge in [-0.15, -0.1) is 0 Å². The maximum atomic E-state index is 14.0. The molecule has 0 aliphatic carbocycles. The van der Waals surface area contributed by atoms with Crippen molar-refractivity contribution in [3.8, 4) is 0 Å². The average Bonchev–Trinajstić information content (AvgIpc) is 2.51. The van der Waals surface area contributed by atoms with E-state index in [0.717, 1.165) is 6.42 Å². The van der Waals surface area contributed by atoms with E-state index in [4.69, 9.17) is 28.6 Å². The molecular weight excluding hydrogens is 337 g/mol. The van der Waals surface area contributed by atoms with E-state index in [1.807, 2.05) is 20.8 Å². The third-order valence-corrected chi connectivity index (χ3v) is 4.17. The predicted octanol–water partition coefficient (Wildman–Crippen LogP) is 5.15. The Morgan fingerprint density at radius 3 is 2.57 bits per heavy atom. The van der Waals surface area contributed by atoms with Gasteiger partial charge in [-0.1, -0.05) is 32.4 Å². The number of thiocarbonyl (C=S) groups is 1. The fourth-order valence-electron chi connectivity index (χ4n) is 2.14. The zero-order valence-electron chi connectivity index (χ0n) is 13.7. The smallest absolute Gasteiger partial charge is 0.227 e. The van der Waals surface area contributed by atoms with Crippen molar-refractivity contribution in [3.63, 3.8) is 0 Å². The quantitative estimate of drug-likeness (QED) is 0.652. The lowest BCUT2D eigenvalue weighted by Crippen LogP contribution is -2.22. The first-order valence-electron chi connectivity index (χ1n) is 7.87. The Hall–Kier alpha value is -1.20. The van der Waals surface area contributed by atoms with Gasteiger partial charge in [-0.25, -0.2) is 4.39 Å². The maximum absolute atomic E-state index is 14.0. The van der Waals surface area contributed by atoms with E-state index in [1.54, 1.807) is 0 Å². The molecule has 3 nitrogen and oxygen atoms in total. The second kappa shape index (κ2) is 9.83. The maximum Gasteiger partial charge on any atom is 0.227 e. The van der Waals surface area contributed by atoms with Crippen molar-refractivity contribution in [2.75, 3.05) is 11.9 Å². The van der Waals surface area contributed by atoms with Crippen LogP contribution in [0.4, 0.5) is 10.1 Å². The molecule has 0 bridgehead atoms. The normalized spacial score (nSPS) is 10.7. The zero-order valence-corrected chi connectivity index (χ0v) is 15.3. The summed E-state index contributed by atoms with van der Waals surface area (Å²) in [5.74, 6) is -0.882. The van der Waals surface area contributed by atoms with E-state index in [0.29, 0.717) is 36.5 Å². The molecule has 128 valence electrons. The Kier molecular flexibility index (Phi) is 8.48.